The molecule has 0 saturated heterocycles. The van der Waals surface area contributed by atoms with Crippen LogP contribution in [0.2, 0.25) is 10.2 Å². The third-order valence-electron chi connectivity index (χ3n) is 2.84. The van der Waals surface area contributed by atoms with Gasteiger partial charge in [-0.05, 0) is 17.7 Å². The molecule has 0 spiro atoms. The van der Waals surface area contributed by atoms with Crippen LogP contribution in [0.3, 0.4) is 0 Å². The summed E-state index contributed by atoms with van der Waals surface area (Å²) < 4.78 is 13.4. The molecule has 1 heterocycles. The molecule has 1 unspecified atom stereocenters. The van der Waals surface area contributed by atoms with E-state index < -0.39 is 11.9 Å². The minimum absolute atomic E-state index is 0.0129. The lowest BCUT2D eigenvalue weighted by Gasteiger charge is -2.15. The van der Waals surface area contributed by atoms with E-state index >= 15 is 0 Å². The number of rotatable bonds is 5. The number of aliphatic hydroxyl groups is 1. The average molecular weight is 331 g/mol. The standard InChI is InChI=1S/C13H13Cl2FN4O/c1-17-11-12(15)19-6-20-13(11)18-5-10(21)7-2-3-8(14)9(16)4-7/h2-4,6,10,17,21H,5H2,1H3,(H,18,19,20). The normalized spacial score (nSPS) is 12.0. The van der Waals surface area contributed by atoms with Crippen LogP contribution >= 0.6 is 23.2 Å². The highest BCUT2D eigenvalue weighted by Crippen LogP contribution is 2.26. The quantitative estimate of drug-likeness (QED) is 0.735. The van der Waals surface area contributed by atoms with E-state index in [0.29, 0.717) is 17.1 Å². The Morgan fingerprint density at radius 3 is 2.76 bits per heavy atom. The second kappa shape index (κ2) is 6.89. The maximum Gasteiger partial charge on any atom is 0.157 e. The monoisotopic (exact) mass is 330 g/mol. The zero-order valence-corrected chi connectivity index (χ0v) is 12.6. The number of benzene rings is 1. The average Bonchev–Trinajstić information content (AvgIpc) is 2.47. The molecule has 8 heteroatoms. The smallest absolute Gasteiger partial charge is 0.157 e. The van der Waals surface area contributed by atoms with Crippen LogP contribution in [0, 0.1) is 5.82 Å². The Hall–Kier alpha value is -1.63. The van der Waals surface area contributed by atoms with Crippen molar-refractivity contribution in [1.82, 2.24) is 9.97 Å². The maximum absolute atomic E-state index is 13.4. The molecular formula is C13H13Cl2FN4O. The molecule has 3 N–H and O–H groups in total. The highest BCUT2D eigenvalue weighted by atomic mass is 35.5. The van der Waals surface area contributed by atoms with Crippen LogP contribution in [0.5, 0.6) is 0 Å². The van der Waals surface area contributed by atoms with Gasteiger partial charge in [-0.3, -0.25) is 0 Å². The predicted molar refractivity (Wildman–Crippen MR) is 81.4 cm³/mol. The van der Waals surface area contributed by atoms with Gasteiger partial charge >= 0.3 is 0 Å². The molecule has 0 saturated carbocycles. The lowest BCUT2D eigenvalue weighted by atomic mass is 10.1. The minimum Gasteiger partial charge on any atom is -0.387 e. The van der Waals surface area contributed by atoms with Crippen LogP contribution in [-0.4, -0.2) is 28.7 Å². The number of hydrogen-bond donors (Lipinski definition) is 3. The summed E-state index contributed by atoms with van der Waals surface area (Å²) in [5, 5.41) is 16.1. The number of hydrogen-bond acceptors (Lipinski definition) is 5. The zero-order valence-electron chi connectivity index (χ0n) is 11.1. The molecule has 0 amide bonds. The lowest BCUT2D eigenvalue weighted by Crippen LogP contribution is -2.14. The highest BCUT2D eigenvalue weighted by molar-refractivity contribution is 6.32. The first-order chi connectivity index (χ1) is 10.0. The Bertz CT molecular complexity index is 642. The Labute approximate surface area is 131 Å². The lowest BCUT2D eigenvalue weighted by molar-refractivity contribution is 0.191. The molecule has 0 aliphatic rings. The summed E-state index contributed by atoms with van der Waals surface area (Å²) in [6, 6.07) is 4.15. The fourth-order valence-electron chi connectivity index (χ4n) is 1.75. The van der Waals surface area contributed by atoms with Gasteiger partial charge in [-0.25, -0.2) is 14.4 Å². The molecule has 21 heavy (non-hydrogen) atoms. The van der Waals surface area contributed by atoms with Gasteiger partial charge in [0.15, 0.2) is 11.0 Å². The summed E-state index contributed by atoms with van der Waals surface area (Å²) in [6.45, 7) is 0.128. The zero-order chi connectivity index (χ0) is 15.4. The Balaban J connectivity index is 2.09. The second-order valence-corrected chi connectivity index (χ2v) is 4.97. The van der Waals surface area contributed by atoms with E-state index in [1.807, 2.05) is 0 Å². The van der Waals surface area contributed by atoms with Gasteiger partial charge in [0, 0.05) is 13.6 Å². The van der Waals surface area contributed by atoms with E-state index in [9.17, 15) is 9.50 Å². The maximum atomic E-state index is 13.4. The third-order valence-corrected chi connectivity index (χ3v) is 3.44. The number of anilines is 2. The van der Waals surface area contributed by atoms with E-state index in [4.69, 9.17) is 23.2 Å². The molecule has 2 rings (SSSR count). The summed E-state index contributed by atoms with van der Waals surface area (Å²) in [4.78, 5) is 7.87. The van der Waals surface area contributed by atoms with Crippen LogP contribution in [0.4, 0.5) is 15.9 Å². The number of nitrogens with one attached hydrogen (secondary N) is 2. The Morgan fingerprint density at radius 2 is 2.10 bits per heavy atom. The first kappa shape index (κ1) is 15.8. The number of halogens is 3. The van der Waals surface area contributed by atoms with Crippen LogP contribution < -0.4 is 10.6 Å². The fraction of sp³-hybridized carbons (Fsp3) is 0.231. The van der Waals surface area contributed by atoms with E-state index in [1.54, 1.807) is 13.1 Å². The number of aliphatic hydroxyl groups excluding tert-OH is 1. The highest BCUT2D eigenvalue weighted by Gasteiger charge is 2.13. The Morgan fingerprint density at radius 1 is 1.33 bits per heavy atom. The first-order valence-electron chi connectivity index (χ1n) is 6.08. The van der Waals surface area contributed by atoms with E-state index in [0.717, 1.165) is 0 Å². The van der Waals surface area contributed by atoms with Crippen molar-refractivity contribution in [3.63, 3.8) is 0 Å². The van der Waals surface area contributed by atoms with Gasteiger partial charge in [-0.15, -0.1) is 0 Å². The van der Waals surface area contributed by atoms with Crippen molar-refractivity contribution >= 4 is 34.7 Å². The largest absolute Gasteiger partial charge is 0.387 e. The summed E-state index contributed by atoms with van der Waals surface area (Å²) in [5.74, 6) is -0.125. The van der Waals surface area contributed by atoms with Crippen LogP contribution in [0.15, 0.2) is 24.5 Å². The van der Waals surface area contributed by atoms with Crippen molar-refractivity contribution in [2.45, 2.75) is 6.10 Å². The van der Waals surface area contributed by atoms with Crippen molar-refractivity contribution < 1.29 is 9.50 Å². The molecule has 0 fully saturated rings. The first-order valence-corrected chi connectivity index (χ1v) is 6.83. The van der Waals surface area contributed by atoms with Crippen molar-refractivity contribution in [3.8, 4) is 0 Å². The molecule has 112 valence electrons. The van der Waals surface area contributed by atoms with Crippen LogP contribution in [0.25, 0.3) is 0 Å². The van der Waals surface area contributed by atoms with Gasteiger partial charge in [0.2, 0.25) is 0 Å². The van der Waals surface area contributed by atoms with Gasteiger partial charge in [0.25, 0.3) is 0 Å². The van der Waals surface area contributed by atoms with Gasteiger partial charge in [0.05, 0.1) is 11.1 Å². The van der Waals surface area contributed by atoms with Gasteiger partial charge in [0.1, 0.15) is 17.8 Å². The van der Waals surface area contributed by atoms with Crippen LogP contribution in [0.1, 0.15) is 11.7 Å². The molecule has 1 aromatic carbocycles. The molecule has 0 radical (unpaired) electrons. The number of nitrogens with zero attached hydrogens (tertiary/aromatic N) is 2. The molecule has 0 aliphatic heterocycles. The van der Waals surface area contributed by atoms with Crippen molar-refractivity contribution in [2.75, 3.05) is 24.2 Å². The molecule has 5 nitrogen and oxygen atoms in total. The number of aromatic nitrogens is 2. The predicted octanol–water partition coefficient (Wildman–Crippen LogP) is 3.11. The van der Waals surface area contributed by atoms with Gasteiger partial charge in [-0.2, -0.15) is 0 Å². The molecule has 1 atom stereocenters. The summed E-state index contributed by atoms with van der Waals surface area (Å²) in [5.41, 5.74) is 0.934. The van der Waals surface area contributed by atoms with Gasteiger partial charge < -0.3 is 15.7 Å². The van der Waals surface area contributed by atoms with Crippen molar-refractivity contribution in [3.05, 3.63) is 46.1 Å². The SMILES string of the molecule is CNc1c(Cl)ncnc1NCC(O)c1ccc(Cl)c(F)c1. The molecule has 1 aromatic heterocycles. The van der Waals surface area contributed by atoms with Crippen LogP contribution in [-0.2, 0) is 0 Å². The summed E-state index contributed by atoms with van der Waals surface area (Å²) in [7, 11) is 1.68. The summed E-state index contributed by atoms with van der Waals surface area (Å²) in [6.07, 6.45) is 0.384. The third kappa shape index (κ3) is 3.72. The molecular weight excluding hydrogens is 318 g/mol. The van der Waals surface area contributed by atoms with Crippen molar-refractivity contribution in [2.24, 2.45) is 0 Å². The Kier molecular flexibility index (Phi) is 5.17. The molecule has 0 bridgehead atoms. The summed E-state index contributed by atoms with van der Waals surface area (Å²) >= 11 is 11.5. The topological polar surface area (TPSA) is 70.1 Å². The second-order valence-electron chi connectivity index (χ2n) is 4.21. The van der Waals surface area contributed by atoms with E-state index in [-0.39, 0.29) is 16.7 Å². The fourth-order valence-corrected chi connectivity index (χ4v) is 2.10. The van der Waals surface area contributed by atoms with Crippen molar-refractivity contribution in [1.29, 1.82) is 0 Å². The van der Waals surface area contributed by atoms with Gasteiger partial charge in [-0.1, -0.05) is 29.3 Å². The molecule has 2 aromatic rings. The minimum atomic E-state index is -0.921. The molecule has 0 aliphatic carbocycles. The van der Waals surface area contributed by atoms with E-state index in [1.165, 1.54) is 18.5 Å². The van der Waals surface area contributed by atoms with E-state index in [2.05, 4.69) is 20.6 Å².